The largest absolute Gasteiger partial charge is 0.507 e. The molecule has 1 aromatic carbocycles. The van der Waals surface area contributed by atoms with Crippen molar-refractivity contribution in [2.24, 2.45) is 0 Å². The lowest BCUT2D eigenvalue weighted by molar-refractivity contribution is -0.162. The first-order valence-electron chi connectivity index (χ1n) is 7.92. The number of allylic oxidation sites excluding steroid dienone is 2. The van der Waals surface area contributed by atoms with E-state index in [1.54, 1.807) is 0 Å². The van der Waals surface area contributed by atoms with Crippen molar-refractivity contribution in [3.63, 3.8) is 0 Å². The number of benzene rings is 1. The summed E-state index contributed by atoms with van der Waals surface area (Å²) >= 11 is 0. The lowest BCUT2D eigenvalue weighted by Gasteiger charge is -2.38. The lowest BCUT2D eigenvalue weighted by atomic mass is 9.75. The van der Waals surface area contributed by atoms with Gasteiger partial charge in [0.25, 0.3) is 0 Å². The Bertz CT molecular complexity index is 878. The summed E-state index contributed by atoms with van der Waals surface area (Å²) in [5.74, 6) is -3.25. The minimum atomic E-state index is -1.53. The number of fused-ring (bicyclic) bond motifs is 2. The SMILES string of the molecule is COC1=CC(=O)c2c(O)c3c(c(O)c2C1=O)C[C@](C)(O)[C@H](OC(C)=O)C3. The van der Waals surface area contributed by atoms with Crippen LogP contribution in [0.3, 0.4) is 0 Å². The fourth-order valence-electron chi connectivity index (χ4n) is 3.47. The summed E-state index contributed by atoms with van der Waals surface area (Å²) in [6, 6.07) is 0. The van der Waals surface area contributed by atoms with Gasteiger partial charge in [-0.1, -0.05) is 0 Å². The normalized spacial score (nSPS) is 24.5. The molecular weight excluding hydrogens is 344 g/mol. The second kappa shape index (κ2) is 5.84. The van der Waals surface area contributed by atoms with Crippen LogP contribution in [0.4, 0.5) is 0 Å². The number of aromatic hydroxyl groups is 2. The van der Waals surface area contributed by atoms with Crippen LogP contribution in [0.15, 0.2) is 11.8 Å². The quantitative estimate of drug-likeness (QED) is 0.520. The number of hydrogen-bond donors (Lipinski definition) is 3. The highest BCUT2D eigenvalue weighted by Gasteiger charge is 2.45. The molecule has 0 aliphatic heterocycles. The van der Waals surface area contributed by atoms with Crippen LogP contribution in [0.1, 0.15) is 45.7 Å². The third kappa shape index (κ3) is 2.53. The van der Waals surface area contributed by atoms with Gasteiger partial charge in [-0.2, -0.15) is 0 Å². The highest BCUT2D eigenvalue weighted by Crippen LogP contribution is 2.46. The Kier molecular flexibility index (Phi) is 4.03. The van der Waals surface area contributed by atoms with Crippen LogP contribution in [0.2, 0.25) is 0 Å². The molecule has 0 spiro atoms. The highest BCUT2D eigenvalue weighted by atomic mass is 16.6. The Hall–Kier alpha value is -2.87. The zero-order valence-electron chi connectivity index (χ0n) is 14.5. The third-order valence-electron chi connectivity index (χ3n) is 4.76. The molecule has 0 aromatic heterocycles. The molecule has 0 saturated carbocycles. The minimum absolute atomic E-state index is 0.114. The van der Waals surface area contributed by atoms with E-state index in [4.69, 9.17) is 9.47 Å². The number of ether oxygens (including phenoxy) is 2. The van der Waals surface area contributed by atoms with E-state index in [0.29, 0.717) is 0 Å². The Morgan fingerprint density at radius 2 is 1.81 bits per heavy atom. The molecule has 8 nitrogen and oxygen atoms in total. The van der Waals surface area contributed by atoms with Crippen molar-refractivity contribution in [3.8, 4) is 11.5 Å². The number of methoxy groups -OCH3 is 1. The topological polar surface area (TPSA) is 130 Å². The second-order valence-corrected chi connectivity index (χ2v) is 6.65. The van der Waals surface area contributed by atoms with Gasteiger partial charge in [0, 0.05) is 37.0 Å². The molecule has 8 heteroatoms. The molecule has 2 aliphatic carbocycles. The minimum Gasteiger partial charge on any atom is -0.507 e. The molecule has 2 aliphatic rings. The van der Waals surface area contributed by atoms with E-state index in [1.807, 2.05) is 0 Å². The fraction of sp³-hybridized carbons (Fsp3) is 0.389. The van der Waals surface area contributed by atoms with Crippen LogP contribution in [-0.2, 0) is 27.1 Å². The maximum absolute atomic E-state index is 12.5. The highest BCUT2D eigenvalue weighted by molar-refractivity contribution is 6.26. The van der Waals surface area contributed by atoms with Gasteiger partial charge < -0.3 is 24.8 Å². The van der Waals surface area contributed by atoms with Crippen molar-refractivity contribution >= 4 is 17.5 Å². The summed E-state index contributed by atoms with van der Waals surface area (Å²) in [6.45, 7) is 2.61. The van der Waals surface area contributed by atoms with Gasteiger partial charge >= 0.3 is 5.97 Å². The number of hydrogen-bond acceptors (Lipinski definition) is 8. The Morgan fingerprint density at radius 3 is 2.38 bits per heavy atom. The molecule has 1 aromatic rings. The summed E-state index contributed by atoms with van der Waals surface area (Å²) in [5.41, 5.74) is -1.91. The Balaban J connectivity index is 2.22. The van der Waals surface area contributed by atoms with Crippen LogP contribution < -0.4 is 0 Å². The van der Waals surface area contributed by atoms with Crippen molar-refractivity contribution in [1.29, 1.82) is 0 Å². The van der Waals surface area contributed by atoms with Crippen LogP contribution in [0.25, 0.3) is 0 Å². The van der Waals surface area contributed by atoms with Crippen LogP contribution in [-0.4, -0.2) is 51.7 Å². The third-order valence-corrected chi connectivity index (χ3v) is 4.76. The van der Waals surface area contributed by atoms with Gasteiger partial charge in [0.2, 0.25) is 5.78 Å². The zero-order valence-corrected chi connectivity index (χ0v) is 14.5. The smallest absolute Gasteiger partial charge is 0.303 e. The van der Waals surface area contributed by atoms with Crippen molar-refractivity contribution in [3.05, 3.63) is 34.1 Å². The van der Waals surface area contributed by atoms with Gasteiger partial charge in [-0.15, -0.1) is 0 Å². The van der Waals surface area contributed by atoms with Gasteiger partial charge in [-0.05, 0) is 6.92 Å². The van der Waals surface area contributed by atoms with E-state index >= 15 is 0 Å². The van der Waals surface area contributed by atoms with Gasteiger partial charge in [0.15, 0.2) is 11.5 Å². The number of phenols is 2. The van der Waals surface area contributed by atoms with Crippen LogP contribution in [0.5, 0.6) is 11.5 Å². The summed E-state index contributed by atoms with van der Waals surface area (Å²) in [6.07, 6.45) is -0.328. The Labute approximate surface area is 148 Å². The zero-order chi connectivity index (χ0) is 19.4. The molecule has 0 radical (unpaired) electrons. The number of rotatable bonds is 2. The van der Waals surface area contributed by atoms with E-state index in [1.165, 1.54) is 21.0 Å². The van der Waals surface area contributed by atoms with Crippen molar-refractivity contribution in [1.82, 2.24) is 0 Å². The Morgan fingerprint density at radius 1 is 1.19 bits per heavy atom. The summed E-state index contributed by atoms with van der Waals surface area (Å²) in [5, 5.41) is 31.8. The molecule has 0 saturated heterocycles. The number of aliphatic hydroxyl groups is 1. The van der Waals surface area contributed by atoms with E-state index in [-0.39, 0.29) is 40.9 Å². The molecule has 2 atom stereocenters. The number of esters is 1. The average molecular weight is 362 g/mol. The molecule has 0 amide bonds. The molecule has 0 fully saturated rings. The van der Waals surface area contributed by atoms with Crippen molar-refractivity contribution in [2.75, 3.05) is 7.11 Å². The first kappa shape index (κ1) is 17.9. The van der Waals surface area contributed by atoms with E-state index in [0.717, 1.165) is 6.08 Å². The van der Waals surface area contributed by atoms with Gasteiger partial charge in [-0.3, -0.25) is 14.4 Å². The fourth-order valence-corrected chi connectivity index (χ4v) is 3.47. The van der Waals surface area contributed by atoms with Crippen molar-refractivity contribution in [2.45, 2.75) is 38.4 Å². The first-order chi connectivity index (χ1) is 12.1. The molecule has 26 heavy (non-hydrogen) atoms. The molecule has 0 unspecified atom stereocenters. The molecule has 3 rings (SSSR count). The van der Waals surface area contributed by atoms with Crippen LogP contribution in [0, 0.1) is 0 Å². The predicted molar refractivity (Wildman–Crippen MR) is 87.1 cm³/mol. The molecule has 0 heterocycles. The number of phenolic OH excluding ortho intramolecular Hbond substituents is 2. The predicted octanol–water partition coefficient (Wildman–Crippen LogP) is 0.788. The molecule has 0 bridgehead atoms. The maximum Gasteiger partial charge on any atom is 0.303 e. The number of carbonyl (C=O) groups excluding carboxylic acids is 3. The summed E-state index contributed by atoms with van der Waals surface area (Å²) in [7, 11) is 1.21. The standard InChI is InChI=1S/C18H18O8/c1-7(19)26-12-4-8-9(6-18(12,2)24)16(22)14-13(15(8)21)10(20)5-11(25-3)17(14)23/h5,12,21-22,24H,4,6H2,1-3H3/t12-,18+/m1/s1. The molecule has 138 valence electrons. The average Bonchev–Trinajstić information content (AvgIpc) is 2.54. The lowest BCUT2D eigenvalue weighted by Crippen LogP contribution is -2.48. The monoisotopic (exact) mass is 362 g/mol. The van der Waals surface area contributed by atoms with E-state index in [2.05, 4.69) is 0 Å². The maximum atomic E-state index is 12.5. The van der Waals surface area contributed by atoms with E-state index < -0.39 is 40.7 Å². The van der Waals surface area contributed by atoms with Gasteiger partial charge in [-0.25, -0.2) is 0 Å². The molecular formula is C18H18O8. The number of carbonyl (C=O) groups is 3. The van der Waals surface area contributed by atoms with Gasteiger partial charge in [0.05, 0.1) is 18.2 Å². The summed E-state index contributed by atoms with van der Waals surface area (Å²) < 4.78 is 9.98. The van der Waals surface area contributed by atoms with E-state index in [9.17, 15) is 29.7 Å². The second-order valence-electron chi connectivity index (χ2n) is 6.65. The number of ketones is 2. The van der Waals surface area contributed by atoms with Gasteiger partial charge in [0.1, 0.15) is 23.2 Å². The first-order valence-corrected chi connectivity index (χ1v) is 7.92. The molecule has 3 N–H and O–H groups in total. The van der Waals surface area contributed by atoms with Crippen LogP contribution >= 0.6 is 0 Å². The number of Topliss-reactive ketones (excluding diaryl/α,β-unsaturated/α-hetero) is 1. The van der Waals surface area contributed by atoms with Crippen molar-refractivity contribution < 1.29 is 39.2 Å². The summed E-state index contributed by atoms with van der Waals surface area (Å²) in [4.78, 5) is 36.1.